The zero-order valence-electron chi connectivity index (χ0n) is 20.1. The van der Waals surface area contributed by atoms with Crippen LogP contribution in [0.25, 0.3) is 0 Å². The first-order chi connectivity index (χ1) is 15.5. The summed E-state index contributed by atoms with van der Waals surface area (Å²) in [6.07, 6.45) is 2.97. The van der Waals surface area contributed by atoms with E-state index in [0.29, 0.717) is 5.95 Å². The highest BCUT2D eigenvalue weighted by atomic mass is 35.5. The largest absolute Gasteiger partial charge is 0.367 e. The Balaban J connectivity index is 1.43. The molecule has 3 heterocycles. The predicted octanol–water partition coefficient (Wildman–Crippen LogP) is 4.40. The minimum absolute atomic E-state index is 0.00573. The number of halogens is 2. The maximum absolute atomic E-state index is 14.5. The van der Waals surface area contributed by atoms with E-state index in [-0.39, 0.29) is 28.4 Å². The van der Waals surface area contributed by atoms with Crippen LogP contribution in [-0.4, -0.2) is 64.2 Å². The van der Waals surface area contributed by atoms with Crippen LogP contribution in [0.1, 0.15) is 40.5 Å². The highest BCUT2D eigenvalue weighted by Crippen LogP contribution is 2.31. The number of likely N-dealkylation sites (N-methyl/N-ethyl adjacent to an activating group) is 1. The van der Waals surface area contributed by atoms with E-state index in [1.54, 1.807) is 0 Å². The molecule has 2 aliphatic heterocycles. The summed E-state index contributed by atoms with van der Waals surface area (Å²) in [5, 5.41) is 10.2. The summed E-state index contributed by atoms with van der Waals surface area (Å²) in [5.41, 5.74) is 1.89. The van der Waals surface area contributed by atoms with E-state index in [4.69, 9.17) is 11.6 Å². The SMILES string of the molecule is CN1CCN(c2ccc(Nc3ncc(F)c(NC4CC(C)(C)NC(C)(C)C4)n3)cc2)CC1Cl. The van der Waals surface area contributed by atoms with Gasteiger partial charge in [-0.05, 0) is 71.8 Å². The second kappa shape index (κ2) is 9.24. The third-order valence-corrected chi connectivity index (χ3v) is 6.81. The molecular formula is C24H35ClFN7. The third-order valence-electron chi connectivity index (χ3n) is 6.34. The van der Waals surface area contributed by atoms with Gasteiger partial charge in [0, 0.05) is 48.1 Å². The number of benzene rings is 1. The molecule has 0 bridgehead atoms. The van der Waals surface area contributed by atoms with Crippen molar-refractivity contribution in [2.24, 2.45) is 0 Å². The highest BCUT2D eigenvalue weighted by molar-refractivity contribution is 6.20. The van der Waals surface area contributed by atoms with Crippen molar-refractivity contribution in [2.45, 2.75) is 63.2 Å². The van der Waals surface area contributed by atoms with Gasteiger partial charge < -0.3 is 20.9 Å². The zero-order valence-corrected chi connectivity index (χ0v) is 20.9. The summed E-state index contributed by atoms with van der Waals surface area (Å²) >= 11 is 6.39. The molecule has 2 aliphatic rings. The molecule has 3 N–H and O–H groups in total. The van der Waals surface area contributed by atoms with E-state index < -0.39 is 5.82 Å². The van der Waals surface area contributed by atoms with Gasteiger partial charge in [0.05, 0.1) is 6.20 Å². The van der Waals surface area contributed by atoms with Crippen LogP contribution in [0.4, 0.5) is 27.5 Å². The van der Waals surface area contributed by atoms with Gasteiger partial charge in [0.25, 0.3) is 0 Å². The molecule has 2 aromatic rings. The van der Waals surface area contributed by atoms with Crippen molar-refractivity contribution in [3.63, 3.8) is 0 Å². The van der Waals surface area contributed by atoms with Crippen LogP contribution < -0.4 is 20.9 Å². The first kappa shape index (κ1) is 24.0. The minimum Gasteiger partial charge on any atom is -0.367 e. The Morgan fingerprint density at radius 1 is 1.09 bits per heavy atom. The molecule has 9 heteroatoms. The number of piperazine rings is 1. The quantitative estimate of drug-likeness (QED) is 0.437. The molecule has 180 valence electrons. The van der Waals surface area contributed by atoms with E-state index in [0.717, 1.165) is 43.9 Å². The number of alkyl halides is 1. The topological polar surface area (TPSA) is 68.3 Å². The van der Waals surface area contributed by atoms with Gasteiger partial charge in [-0.3, -0.25) is 4.90 Å². The van der Waals surface area contributed by atoms with Crippen LogP contribution in [0.5, 0.6) is 0 Å². The van der Waals surface area contributed by atoms with Crippen LogP contribution in [0.15, 0.2) is 30.5 Å². The molecule has 7 nitrogen and oxygen atoms in total. The lowest BCUT2D eigenvalue weighted by molar-refractivity contribution is 0.170. The van der Waals surface area contributed by atoms with E-state index in [1.807, 2.05) is 19.2 Å². The molecule has 2 fully saturated rings. The van der Waals surface area contributed by atoms with E-state index in [2.05, 4.69) is 75.5 Å². The first-order valence-corrected chi connectivity index (χ1v) is 12.0. The Kier molecular flexibility index (Phi) is 6.71. The lowest BCUT2D eigenvalue weighted by Crippen LogP contribution is -2.60. The van der Waals surface area contributed by atoms with Gasteiger partial charge >= 0.3 is 0 Å². The lowest BCUT2D eigenvalue weighted by Gasteiger charge is -2.46. The van der Waals surface area contributed by atoms with Gasteiger partial charge in [0.1, 0.15) is 5.50 Å². The van der Waals surface area contributed by atoms with Crippen molar-refractivity contribution < 1.29 is 4.39 Å². The van der Waals surface area contributed by atoms with Crippen molar-refractivity contribution in [1.82, 2.24) is 20.2 Å². The summed E-state index contributed by atoms with van der Waals surface area (Å²) in [6, 6.07) is 8.18. The number of aromatic nitrogens is 2. The number of piperidine rings is 1. The van der Waals surface area contributed by atoms with Gasteiger partial charge in [0.15, 0.2) is 11.6 Å². The molecule has 33 heavy (non-hydrogen) atoms. The first-order valence-electron chi connectivity index (χ1n) is 11.5. The molecule has 4 rings (SSSR count). The molecule has 0 amide bonds. The van der Waals surface area contributed by atoms with Gasteiger partial charge in [0.2, 0.25) is 5.95 Å². The Bertz CT molecular complexity index is 950. The molecule has 0 spiro atoms. The summed E-state index contributed by atoms with van der Waals surface area (Å²) in [6.45, 7) is 11.3. The fourth-order valence-corrected chi connectivity index (χ4v) is 5.36. The maximum Gasteiger partial charge on any atom is 0.229 e. The number of nitrogens with one attached hydrogen (secondary N) is 3. The summed E-state index contributed by atoms with van der Waals surface area (Å²) in [4.78, 5) is 13.0. The standard InChI is InChI=1S/C24H35ClFN7/c1-23(2)12-17(13-24(3,4)31-23)28-21-19(26)14-27-22(30-21)29-16-6-8-18(9-7-16)33-11-10-32(5)20(25)15-33/h6-9,14,17,20,31H,10-13,15H2,1-5H3,(H2,27,28,29,30). The summed E-state index contributed by atoms with van der Waals surface area (Å²) < 4.78 is 14.5. The summed E-state index contributed by atoms with van der Waals surface area (Å²) in [5.74, 6) is 0.142. The highest BCUT2D eigenvalue weighted by Gasteiger charge is 2.38. The molecule has 0 aliphatic carbocycles. The molecule has 1 aromatic heterocycles. The Hall–Kier alpha value is -2.16. The van der Waals surface area contributed by atoms with Crippen LogP contribution in [0.3, 0.4) is 0 Å². The van der Waals surface area contributed by atoms with Crippen LogP contribution in [0.2, 0.25) is 0 Å². The maximum atomic E-state index is 14.5. The molecule has 1 atom stereocenters. The van der Waals surface area contributed by atoms with Crippen LogP contribution in [-0.2, 0) is 0 Å². The molecule has 1 unspecified atom stereocenters. The van der Waals surface area contributed by atoms with Crippen LogP contribution in [0, 0.1) is 5.82 Å². The Labute approximate surface area is 201 Å². The number of nitrogens with zero attached hydrogens (tertiary/aromatic N) is 4. The summed E-state index contributed by atoms with van der Waals surface area (Å²) in [7, 11) is 2.04. The van der Waals surface area contributed by atoms with E-state index in [9.17, 15) is 4.39 Å². The van der Waals surface area contributed by atoms with Crippen molar-refractivity contribution in [3.8, 4) is 0 Å². The van der Waals surface area contributed by atoms with Gasteiger partial charge in [-0.2, -0.15) is 4.98 Å². The molecule has 0 radical (unpaired) electrons. The normalized spacial score (nSPS) is 23.4. The smallest absolute Gasteiger partial charge is 0.229 e. The second-order valence-corrected chi connectivity index (χ2v) is 11.1. The fraction of sp³-hybridized carbons (Fsp3) is 0.583. The van der Waals surface area contributed by atoms with Gasteiger partial charge in [-0.1, -0.05) is 0 Å². The number of anilines is 4. The molecule has 1 aromatic carbocycles. The zero-order chi connectivity index (χ0) is 23.8. The van der Waals surface area contributed by atoms with Gasteiger partial charge in [-0.15, -0.1) is 11.6 Å². The monoisotopic (exact) mass is 475 g/mol. The van der Waals surface area contributed by atoms with E-state index in [1.165, 1.54) is 6.20 Å². The van der Waals surface area contributed by atoms with Crippen molar-refractivity contribution in [2.75, 3.05) is 42.2 Å². The van der Waals surface area contributed by atoms with E-state index >= 15 is 0 Å². The lowest BCUT2D eigenvalue weighted by atomic mass is 9.79. The van der Waals surface area contributed by atoms with Crippen LogP contribution >= 0.6 is 11.6 Å². The van der Waals surface area contributed by atoms with Crippen molar-refractivity contribution in [1.29, 1.82) is 0 Å². The Morgan fingerprint density at radius 3 is 2.39 bits per heavy atom. The fourth-order valence-electron chi connectivity index (χ4n) is 5.10. The van der Waals surface area contributed by atoms with Crippen molar-refractivity contribution in [3.05, 3.63) is 36.3 Å². The molecule has 0 saturated carbocycles. The number of hydrogen-bond acceptors (Lipinski definition) is 7. The molecular weight excluding hydrogens is 441 g/mol. The third kappa shape index (κ3) is 6.05. The average molecular weight is 476 g/mol. The average Bonchev–Trinajstić information content (AvgIpc) is 2.71. The number of hydrogen-bond donors (Lipinski definition) is 3. The minimum atomic E-state index is -0.448. The van der Waals surface area contributed by atoms with Gasteiger partial charge in [-0.25, -0.2) is 9.37 Å². The molecule has 2 saturated heterocycles. The number of rotatable bonds is 5. The van der Waals surface area contributed by atoms with Crippen molar-refractivity contribution >= 4 is 34.7 Å². The predicted molar refractivity (Wildman–Crippen MR) is 134 cm³/mol. The Morgan fingerprint density at radius 2 is 1.76 bits per heavy atom. The second-order valence-electron chi connectivity index (χ2n) is 10.6.